The number of nitrogens with zero attached hydrogens (tertiary/aromatic N) is 1. The van der Waals surface area contributed by atoms with Crippen molar-refractivity contribution in [2.45, 2.75) is 26.3 Å². The van der Waals surface area contributed by atoms with E-state index in [4.69, 9.17) is 21.1 Å². The van der Waals surface area contributed by atoms with Crippen molar-refractivity contribution in [3.8, 4) is 11.5 Å². The van der Waals surface area contributed by atoms with Gasteiger partial charge in [0.05, 0.1) is 24.8 Å². The minimum atomic E-state index is -0.185. The van der Waals surface area contributed by atoms with Crippen molar-refractivity contribution < 1.29 is 14.3 Å². The van der Waals surface area contributed by atoms with Crippen LogP contribution in [0.2, 0.25) is 5.15 Å². The highest BCUT2D eigenvalue weighted by Crippen LogP contribution is 2.34. The lowest BCUT2D eigenvalue weighted by Gasteiger charge is -2.24. The van der Waals surface area contributed by atoms with E-state index in [1.807, 2.05) is 18.2 Å². The number of benzene rings is 1. The zero-order chi connectivity index (χ0) is 17.8. The van der Waals surface area contributed by atoms with Crippen LogP contribution >= 0.6 is 11.6 Å². The van der Waals surface area contributed by atoms with Crippen LogP contribution in [-0.4, -0.2) is 24.1 Å². The number of aromatic nitrogens is 1. The molecule has 2 heterocycles. The topological polar surface area (TPSA) is 60.5 Å². The maximum atomic E-state index is 12.5. The molecule has 0 spiro atoms. The minimum Gasteiger partial charge on any atom is -0.490 e. The molecule has 25 heavy (non-hydrogen) atoms. The Labute approximate surface area is 152 Å². The van der Waals surface area contributed by atoms with E-state index in [1.54, 1.807) is 12.1 Å². The van der Waals surface area contributed by atoms with Crippen LogP contribution in [0.25, 0.3) is 0 Å². The SMILES string of the molecule is CC(C)C(NC(=O)c1ccc(Cl)nc1)c1ccc2c(c1)OCCCO2. The van der Waals surface area contributed by atoms with Crippen molar-refractivity contribution in [2.24, 2.45) is 5.92 Å². The fourth-order valence-electron chi connectivity index (χ4n) is 2.74. The van der Waals surface area contributed by atoms with Crippen molar-refractivity contribution in [1.29, 1.82) is 0 Å². The van der Waals surface area contributed by atoms with Gasteiger partial charge in [0.15, 0.2) is 11.5 Å². The molecular weight excluding hydrogens is 340 g/mol. The quantitative estimate of drug-likeness (QED) is 0.836. The van der Waals surface area contributed by atoms with E-state index in [9.17, 15) is 4.79 Å². The molecule has 1 atom stereocenters. The normalized spacial score (nSPS) is 14.7. The average molecular weight is 361 g/mol. The van der Waals surface area contributed by atoms with E-state index in [1.165, 1.54) is 6.20 Å². The second-order valence-corrected chi connectivity index (χ2v) is 6.71. The van der Waals surface area contributed by atoms with E-state index in [-0.39, 0.29) is 17.9 Å². The van der Waals surface area contributed by atoms with Gasteiger partial charge in [-0.2, -0.15) is 0 Å². The third-order valence-corrected chi connectivity index (χ3v) is 4.30. The molecule has 1 aliphatic heterocycles. The molecule has 0 aliphatic carbocycles. The Hall–Kier alpha value is -2.27. The van der Waals surface area contributed by atoms with Crippen molar-refractivity contribution >= 4 is 17.5 Å². The lowest BCUT2D eigenvalue weighted by Crippen LogP contribution is -2.31. The fourth-order valence-corrected chi connectivity index (χ4v) is 2.85. The van der Waals surface area contributed by atoms with Crippen molar-refractivity contribution in [3.63, 3.8) is 0 Å². The number of ether oxygens (including phenoxy) is 2. The van der Waals surface area contributed by atoms with Gasteiger partial charge in [-0.25, -0.2) is 4.98 Å². The summed E-state index contributed by atoms with van der Waals surface area (Å²) in [4.78, 5) is 16.5. The molecule has 0 bridgehead atoms. The maximum Gasteiger partial charge on any atom is 0.253 e. The molecule has 6 heteroatoms. The lowest BCUT2D eigenvalue weighted by atomic mass is 9.95. The standard InChI is InChI=1S/C19H21ClN2O3/c1-12(2)18(22-19(23)14-5-7-17(20)21-11-14)13-4-6-15-16(10-13)25-9-3-8-24-15/h4-7,10-12,18H,3,8-9H2,1-2H3,(H,22,23). The molecule has 1 unspecified atom stereocenters. The number of rotatable bonds is 4. The molecule has 1 N–H and O–H groups in total. The van der Waals surface area contributed by atoms with Crippen molar-refractivity contribution in [1.82, 2.24) is 10.3 Å². The molecular formula is C19H21ClN2O3. The van der Waals surface area contributed by atoms with Gasteiger partial charge in [0.25, 0.3) is 5.91 Å². The smallest absolute Gasteiger partial charge is 0.253 e. The number of carbonyl (C=O) groups excluding carboxylic acids is 1. The molecule has 132 valence electrons. The number of pyridine rings is 1. The van der Waals surface area contributed by atoms with Gasteiger partial charge in [-0.05, 0) is 35.7 Å². The van der Waals surface area contributed by atoms with Gasteiger partial charge in [0.1, 0.15) is 5.15 Å². The number of nitrogens with one attached hydrogen (secondary N) is 1. The molecule has 0 saturated carbocycles. The van der Waals surface area contributed by atoms with Crippen molar-refractivity contribution in [2.75, 3.05) is 13.2 Å². The Bertz CT molecular complexity index is 747. The van der Waals surface area contributed by atoms with Gasteiger partial charge in [-0.1, -0.05) is 31.5 Å². The summed E-state index contributed by atoms with van der Waals surface area (Å²) in [6.07, 6.45) is 2.33. The number of amides is 1. The lowest BCUT2D eigenvalue weighted by molar-refractivity contribution is 0.0925. The Kier molecular flexibility index (Phi) is 5.43. The molecule has 5 nitrogen and oxygen atoms in total. The summed E-state index contributed by atoms with van der Waals surface area (Å²) in [6, 6.07) is 8.94. The van der Waals surface area contributed by atoms with E-state index >= 15 is 0 Å². The summed E-state index contributed by atoms with van der Waals surface area (Å²) in [6.45, 7) is 5.41. The summed E-state index contributed by atoms with van der Waals surface area (Å²) < 4.78 is 11.4. The van der Waals surface area contributed by atoms with Crippen LogP contribution in [0.4, 0.5) is 0 Å². The van der Waals surface area contributed by atoms with Gasteiger partial charge in [0, 0.05) is 12.6 Å². The molecule has 0 saturated heterocycles. The van der Waals surface area contributed by atoms with Gasteiger partial charge in [-0.15, -0.1) is 0 Å². The highest BCUT2D eigenvalue weighted by molar-refractivity contribution is 6.29. The van der Waals surface area contributed by atoms with Crippen LogP contribution in [0, 0.1) is 5.92 Å². The van der Waals surface area contributed by atoms with Crippen molar-refractivity contribution in [3.05, 3.63) is 52.8 Å². The number of hydrogen-bond donors (Lipinski definition) is 1. The third kappa shape index (κ3) is 4.23. The highest BCUT2D eigenvalue weighted by Gasteiger charge is 2.21. The third-order valence-electron chi connectivity index (χ3n) is 4.07. The summed E-state index contributed by atoms with van der Waals surface area (Å²) >= 11 is 5.78. The van der Waals surface area contributed by atoms with Crippen LogP contribution in [0.1, 0.15) is 42.2 Å². The van der Waals surface area contributed by atoms with E-state index in [0.29, 0.717) is 23.9 Å². The maximum absolute atomic E-state index is 12.5. The summed E-state index contributed by atoms with van der Waals surface area (Å²) in [5.41, 5.74) is 1.46. The second kappa shape index (κ2) is 7.74. The summed E-state index contributed by atoms with van der Waals surface area (Å²) in [5.74, 6) is 1.49. The monoisotopic (exact) mass is 360 g/mol. The van der Waals surface area contributed by atoms with E-state index in [0.717, 1.165) is 23.5 Å². The molecule has 1 aliphatic rings. The second-order valence-electron chi connectivity index (χ2n) is 6.32. The zero-order valence-corrected chi connectivity index (χ0v) is 15.0. The van der Waals surface area contributed by atoms with Crippen LogP contribution in [-0.2, 0) is 0 Å². The summed E-state index contributed by atoms with van der Waals surface area (Å²) in [5, 5.41) is 3.43. The van der Waals surface area contributed by atoms with E-state index in [2.05, 4.69) is 24.1 Å². The molecule has 0 radical (unpaired) electrons. The first-order chi connectivity index (χ1) is 12.0. The first kappa shape index (κ1) is 17.5. The van der Waals surface area contributed by atoms with Gasteiger partial charge < -0.3 is 14.8 Å². The summed E-state index contributed by atoms with van der Waals surface area (Å²) in [7, 11) is 0. The van der Waals surface area contributed by atoms with Gasteiger partial charge >= 0.3 is 0 Å². The van der Waals surface area contributed by atoms with Crippen LogP contribution in [0.3, 0.4) is 0 Å². The Morgan fingerprint density at radius 3 is 2.60 bits per heavy atom. The van der Waals surface area contributed by atoms with Crippen LogP contribution < -0.4 is 14.8 Å². The first-order valence-corrected chi connectivity index (χ1v) is 8.74. The predicted octanol–water partition coefficient (Wildman–Crippen LogP) is 4.02. The Balaban J connectivity index is 1.82. The zero-order valence-electron chi connectivity index (χ0n) is 14.3. The molecule has 1 amide bonds. The molecule has 1 aromatic heterocycles. The predicted molar refractivity (Wildman–Crippen MR) is 96.3 cm³/mol. The minimum absolute atomic E-state index is 0.152. The van der Waals surface area contributed by atoms with Gasteiger partial charge in [-0.3, -0.25) is 4.79 Å². The van der Waals surface area contributed by atoms with Crippen LogP contribution in [0.15, 0.2) is 36.5 Å². The average Bonchev–Trinajstić information content (AvgIpc) is 2.84. The van der Waals surface area contributed by atoms with E-state index < -0.39 is 0 Å². The largest absolute Gasteiger partial charge is 0.490 e. The number of carbonyl (C=O) groups is 1. The molecule has 0 fully saturated rings. The first-order valence-electron chi connectivity index (χ1n) is 8.36. The molecule has 2 aromatic rings. The molecule has 3 rings (SSSR count). The number of hydrogen-bond acceptors (Lipinski definition) is 4. The van der Waals surface area contributed by atoms with Crippen LogP contribution in [0.5, 0.6) is 11.5 Å². The highest BCUT2D eigenvalue weighted by atomic mass is 35.5. The number of fused-ring (bicyclic) bond motifs is 1. The van der Waals surface area contributed by atoms with Gasteiger partial charge in [0.2, 0.25) is 0 Å². The number of halogens is 1. The molecule has 1 aromatic carbocycles. The Morgan fingerprint density at radius 2 is 1.92 bits per heavy atom. The Morgan fingerprint density at radius 1 is 1.16 bits per heavy atom. The fraction of sp³-hybridized carbons (Fsp3) is 0.368.